The normalized spacial score (nSPS) is 19.1. The predicted molar refractivity (Wildman–Crippen MR) is 86.0 cm³/mol. The first-order valence-electron chi connectivity index (χ1n) is 7.99. The number of likely N-dealkylation sites (N-methyl/N-ethyl adjacent to an activating group) is 1. The van der Waals surface area contributed by atoms with Crippen LogP contribution in [-0.4, -0.2) is 56.1 Å². The van der Waals surface area contributed by atoms with Crippen molar-refractivity contribution < 1.29 is 0 Å². The Morgan fingerprint density at radius 3 is 2.45 bits per heavy atom. The largest absolute Gasteiger partial charge is 0.310 e. The van der Waals surface area contributed by atoms with Crippen molar-refractivity contribution in [1.82, 2.24) is 15.1 Å². The summed E-state index contributed by atoms with van der Waals surface area (Å²) in [4.78, 5) is 5.00. The highest BCUT2D eigenvalue weighted by molar-refractivity contribution is 5.18. The molecule has 1 aliphatic heterocycles. The number of benzene rings is 1. The molecule has 0 bridgehead atoms. The second-order valence-corrected chi connectivity index (χ2v) is 5.82. The molecule has 112 valence electrons. The van der Waals surface area contributed by atoms with E-state index in [1.54, 1.807) is 0 Å². The molecule has 0 saturated carbocycles. The molecule has 1 unspecified atom stereocenters. The zero-order valence-electron chi connectivity index (χ0n) is 13.0. The van der Waals surface area contributed by atoms with E-state index in [1.165, 1.54) is 44.7 Å². The maximum absolute atomic E-state index is 3.70. The van der Waals surface area contributed by atoms with E-state index in [4.69, 9.17) is 0 Å². The lowest BCUT2D eigenvalue weighted by atomic mass is 10.0. The third-order valence-corrected chi connectivity index (χ3v) is 4.25. The monoisotopic (exact) mass is 275 g/mol. The highest BCUT2D eigenvalue weighted by Gasteiger charge is 2.13. The van der Waals surface area contributed by atoms with Crippen molar-refractivity contribution in [3.8, 4) is 0 Å². The van der Waals surface area contributed by atoms with Gasteiger partial charge in [0.25, 0.3) is 0 Å². The molecule has 0 aromatic heterocycles. The van der Waals surface area contributed by atoms with E-state index in [0.29, 0.717) is 6.04 Å². The van der Waals surface area contributed by atoms with Gasteiger partial charge < -0.3 is 15.1 Å². The summed E-state index contributed by atoms with van der Waals surface area (Å²) in [5.41, 5.74) is 1.41. The topological polar surface area (TPSA) is 18.5 Å². The molecule has 1 aliphatic rings. The summed E-state index contributed by atoms with van der Waals surface area (Å²) in [6, 6.07) is 11.3. The van der Waals surface area contributed by atoms with E-state index in [2.05, 4.69) is 59.4 Å². The van der Waals surface area contributed by atoms with Crippen molar-refractivity contribution in [3.05, 3.63) is 35.9 Å². The van der Waals surface area contributed by atoms with Crippen molar-refractivity contribution in [2.24, 2.45) is 0 Å². The van der Waals surface area contributed by atoms with Gasteiger partial charge in [-0.25, -0.2) is 0 Å². The van der Waals surface area contributed by atoms with Gasteiger partial charge >= 0.3 is 0 Å². The molecule has 0 radical (unpaired) electrons. The molecular formula is C17H29N3. The van der Waals surface area contributed by atoms with Gasteiger partial charge in [-0.2, -0.15) is 0 Å². The Balaban J connectivity index is 1.64. The van der Waals surface area contributed by atoms with Crippen LogP contribution in [0.5, 0.6) is 0 Å². The molecule has 1 atom stereocenters. The summed E-state index contributed by atoms with van der Waals surface area (Å²) in [7, 11) is 2.21. The Kier molecular flexibility index (Phi) is 6.51. The minimum atomic E-state index is 0.503. The molecule has 1 fully saturated rings. The summed E-state index contributed by atoms with van der Waals surface area (Å²) < 4.78 is 0. The number of hydrogen-bond donors (Lipinski definition) is 1. The lowest BCUT2D eigenvalue weighted by Crippen LogP contribution is -2.45. The third kappa shape index (κ3) is 4.89. The first-order chi connectivity index (χ1) is 9.79. The lowest BCUT2D eigenvalue weighted by molar-refractivity contribution is 0.152. The number of nitrogens with zero attached hydrogens (tertiary/aromatic N) is 2. The molecule has 0 amide bonds. The highest BCUT2D eigenvalue weighted by Crippen LogP contribution is 2.15. The third-order valence-electron chi connectivity index (χ3n) is 4.25. The van der Waals surface area contributed by atoms with Crippen LogP contribution in [0.3, 0.4) is 0 Å². The maximum Gasteiger partial charge on any atom is 0.0317 e. The van der Waals surface area contributed by atoms with Gasteiger partial charge in [0.05, 0.1) is 0 Å². The Bertz CT molecular complexity index is 358. The van der Waals surface area contributed by atoms with E-state index in [0.717, 1.165) is 13.0 Å². The first-order valence-corrected chi connectivity index (χ1v) is 7.99. The summed E-state index contributed by atoms with van der Waals surface area (Å²) in [6.45, 7) is 9.49. The van der Waals surface area contributed by atoms with Crippen LogP contribution < -0.4 is 5.32 Å². The highest BCUT2D eigenvalue weighted by atomic mass is 15.2. The van der Waals surface area contributed by atoms with Gasteiger partial charge in [0.15, 0.2) is 0 Å². The Morgan fingerprint density at radius 1 is 1.10 bits per heavy atom. The van der Waals surface area contributed by atoms with Gasteiger partial charge in [-0.3, -0.25) is 0 Å². The smallest absolute Gasteiger partial charge is 0.0317 e. The van der Waals surface area contributed by atoms with Gasteiger partial charge in [-0.05, 0) is 38.5 Å². The minimum Gasteiger partial charge on any atom is -0.310 e. The van der Waals surface area contributed by atoms with Gasteiger partial charge in [0, 0.05) is 32.2 Å². The fraction of sp³-hybridized carbons (Fsp3) is 0.647. The predicted octanol–water partition coefficient (Wildman–Crippen LogP) is 2.36. The molecule has 3 nitrogen and oxygen atoms in total. The molecule has 1 heterocycles. The van der Waals surface area contributed by atoms with Crippen LogP contribution in [0.15, 0.2) is 30.3 Å². The van der Waals surface area contributed by atoms with E-state index in [1.807, 2.05) is 0 Å². The van der Waals surface area contributed by atoms with Gasteiger partial charge in [0.1, 0.15) is 0 Å². The van der Waals surface area contributed by atoms with E-state index >= 15 is 0 Å². The van der Waals surface area contributed by atoms with Gasteiger partial charge in [0.2, 0.25) is 0 Å². The van der Waals surface area contributed by atoms with Crippen LogP contribution in [0.2, 0.25) is 0 Å². The molecule has 0 spiro atoms. The molecule has 2 rings (SSSR count). The molecular weight excluding hydrogens is 246 g/mol. The number of rotatable bonds is 7. The maximum atomic E-state index is 3.70. The van der Waals surface area contributed by atoms with E-state index in [9.17, 15) is 0 Å². The van der Waals surface area contributed by atoms with E-state index < -0.39 is 0 Å². The van der Waals surface area contributed by atoms with Crippen molar-refractivity contribution in [2.75, 3.05) is 46.3 Å². The second kappa shape index (κ2) is 8.40. The second-order valence-electron chi connectivity index (χ2n) is 5.82. The van der Waals surface area contributed by atoms with Crippen molar-refractivity contribution in [3.63, 3.8) is 0 Å². The average Bonchev–Trinajstić information content (AvgIpc) is 2.50. The minimum absolute atomic E-state index is 0.503. The van der Waals surface area contributed by atoms with Crippen molar-refractivity contribution >= 4 is 0 Å². The summed E-state index contributed by atoms with van der Waals surface area (Å²) in [6.07, 6.45) is 2.39. The fourth-order valence-electron chi connectivity index (χ4n) is 2.83. The van der Waals surface area contributed by atoms with Crippen LogP contribution in [0, 0.1) is 0 Å². The zero-order valence-corrected chi connectivity index (χ0v) is 13.0. The van der Waals surface area contributed by atoms with Gasteiger partial charge in [-0.15, -0.1) is 0 Å². The zero-order chi connectivity index (χ0) is 14.2. The Hall–Kier alpha value is -0.900. The molecule has 1 N–H and O–H groups in total. The van der Waals surface area contributed by atoms with Crippen molar-refractivity contribution in [1.29, 1.82) is 0 Å². The first kappa shape index (κ1) is 15.5. The molecule has 3 heteroatoms. The SMILES string of the molecule is CCC(NCCCN1CCN(C)CC1)c1ccccc1. The van der Waals surface area contributed by atoms with Crippen LogP contribution in [0.4, 0.5) is 0 Å². The standard InChI is InChI=1S/C17H29N3/c1-3-17(16-8-5-4-6-9-16)18-10-7-11-20-14-12-19(2)13-15-20/h4-6,8-9,17-18H,3,7,10-15H2,1-2H3. The van der Waals surface area contributed by atoms with Crippen LogP contribution >= 0.6 is 0 Å². The van der Waals surface area contributed by atoms with E-state index in [-0.39, 0.29) is 0 Å². The van der Waals surface area contributed by atoms with Crippen LogP contribution in [0.1, 0.15) is 31.4 Å². The average molecular weight is 275 g/mol. The summed E-state index contributed by atoms with van der Waals surface area (Å²) >= 11 is 0. The molecule has 1 saturated heterocycles. The summed E-state index contributed by atoms with van der Waals surface area (Å²) in [5, 5.41) is 3.70. The Morgan fingerprint density at radius 2 is 1.80 bits per heavy atom. The summed E-state index contributed by atoms with van der Waals surface area (Å²) in [5.74, 6) is 0. The van der Waals surface area contributed by atoms with Crippen molar-refractivity contribution in [2.45, 2.75) is 25.8 Å². The molecule has 20 heavy (non-hydrogen) atoms. The quantitative estimate of drug-likeness (QED) is 0.771. The lowest BCUT2D eigenvalue weighted by Gasteiger charge is -2.32. The number of hydrogen-bond acceptors (Lipinski definition) is 3. The molecule has 1 aromatic rings. The molecule has 1 aromatic carbocycles. The van der Waals surface area contributed by atoms with Gasteiger partial charge in [-0.1, -0.05) is 37.3 Å². The van der Waals surface area contributed by atoms with Crippen LogP contribution in [-0.2, 0) is 0 Å². The van der Waals surface area contributed by atoms with Crippen LogP contribution in [0.25, 0.3) is 0 Å². The molecule has 0 aliphatic carbocycles. The number of piperazine rings is 1. The number of nitrogens with one attached hydrogen (secondary N) is 1. The fourth-order valence-corrected chi connectivity index (χ4v) is 2.83. The Labute approximate surface area is 124 Å².